The summed E-state index contributed by atoms with van der Waals surface area (Å²) in [7, 11) is 0. The van der Waals surface area contributed by atoms with Crippen molar-refractivity contribution in [2.45, 2.75) is 19.3 Å². The first kappa shape index (κ1) is 32.3. The van der Waals surface area contributed by atoms with Gasteiger partial charge in [0, 0.05) is 32.9 Å². The number of hydrogen-bond acceptors (Lipinski definition) is 3. The van der Waals surface area contributed by atoms with Crippen molar-refractivity contribution < 1.29 is 4.42 Å². The molecule has 11 rings (SSSR count). The van der Waals surface area contributed by atoms with Crippen molar-refractivity contribution in [2.24, 2.45) is 0 Å². The molecule has 8 aromatic carbocycles. The van der Waals surface area contributed by atoms with Crippen LogP contribution in [0.5, 0.6) is 0 Å². The molecule has 0 fully saturated rings. The van der Waals surface area contributed by atoms with Crippen LogP contribution in [0.25, 0.3) is 100.0 Å². The van der Waals surface area contributed by atoms with Crippen LogP contribution in [-0.2, 0) is 5.41 Å². The zero-order valence-electron chi connectivity index (χ0n) is 31.1. The van der Waals surface area contributed by atoms with Crippen molar-refractivity contribution in [3.63, 3.8) is 0 Å². The first-order valence-electron chi connectivity index (χ1n) is 19.2. The molecule has 0 amide bonds. The molecule has 0 unspecified atom stereocenters. The Morgan fingerprint density at radius 3 is 1.88 bits per heavy atom. The lowest BCUT2D eigenvalue weighted by Gasteiger charge is -2.22. The Kier molecular flexibility index (Phi) is 7.20. The molecule has 0 spiro atoms. The van der Waals surface area contributed by atoms with E-state index in [-0.39, 0.29) is 5.41 Å². The van der Waals surface area contributed by atoms with Gasteiger partial charge in [0.15, 0.2) is 5.82 Å². The van der Waals surface area contributed by atoms with E-state index in [0.29, 0.717) is 5.82 Å². The van der Waals surface area contributed by atoms with Crippen LogP contribution in [0.15, 0.2) is 186 Å². The summed E-state index contributed by atoms with van der Waals surface area (Å²) in [5.74, 6) is 0.702. The summed E-state index contributed by atoms with van der Waals surface area (Å²) in [5.41, 5.74) is 16.6. The van der Waals surface area contributed by atoms with Crippen molar-refractivity contribution in [2.75, 3.05) is 0 Å². The van der Waals surface area contributed by atoms with E-state index in [4.69, 9.17) is 14.4 Å². The largest absolute Gasteiger partial charge is 0.456 e. The molecular formula is C53H36N2O. The smallest absolute Gasteiger partial charge is 0.160 e. The van der Waals surface area contributed by atoms with Gasteiger partial charge in [0.05, 0.1) is 11.4 Å². The minimum atomic E-state index is -0.107. The summed E-state index contributed by atoms with van der Waals surface area (Å²) in [6, 6.07) is 64.8. The highest BCUT2D eigenvalue weighted by Crippen LogP contribution is 2.53. The number of para-hydroxylation sites is 1. The maximum Gasteiger partial charge on any atom is 0.160 e. The maximum absolute atomic E-state index is 6.09. The molecule has 1 aliphatic carbocycles. The van der Waals surface area contributed by atoms with Crippen molar-refractivity contribution in [3.05, 3.63) is 193 Å². The van der Waals surface area contributed by atoms with Gasteiger partial charge in [0.2, 0.25) is 0 Å². The lowest BCUT2D eigenvalue weighted by Crippen LogP contribution is -2.14. The number of hydrogen-bond donors (Lipinski definition) is 0. The van der Waals surface area contributed by atoms with Gasteiger partial charge in [-0.1, -0.05) is 153 Å². The molecular weight excluding hydrogens is 681 g/mol. The van der Waals surface area contributed by atoms with Crippen molar-refractivity contribution in [1.82, 2.24) is 9.97 Å². The van der Waals surface area contributed by atoms with Crippen LogP contribution < -0.4 is 0 Å². The summed E-state index contributed by atoms with van der Waals surface area (Å²) < 4.78 is 6.09. The van der Waals surface area contributed by atoms with Crippen LogP contribution in [0.2, 0.25) is 0 Å². The molecule has 0 N–H and O–H groups in total. The summed E-state index contributed by atoms with van der Waals surface area (Å²) in [5, 5.41) is 4.80. The predicted molar refractivity (Wildman–Crippen MR) is 232 cm³/mol. The molecule has 10 aromatic rings. The van der Waals surface area contributed by atoms with Crippen molar-refractivity contribution in [1.29, 1.82) is 0 Å². The van der Waals surface area contributed by atoms with Crippen LogP contribution in [0.3, 0.4) is 0 Å². The minimum absolute atomic E-state index is 0.107. The van der Waals surface area contributed by atoms with E-state index in [0.717, 1.165) is 61.1 Å². The van der Waals surface area contributed by atoms with E-state index in [2.05, 4.69) is 166 Å². The van der Waals surface area contributed by atoms with E-state index in [1.165, 1.54) is 44.2 Å². The summed E-state index contributed by atoms with van der Waals surface area (Å²) in [4.78, 5) is 10.3. The molecule has 3 heteroatoms. The average Bonchev–Trinajstić information content (AvgIpc) is 3.74. The monoisotopic (exact) mass is 716 g/mol. The Balaban J connectivity index is 1.01. The zero-order chi connectivity index (χ0) is 37.4. The molecule has 264 valence electrons. The van der Waals surface area contributed by atoms with Gasteiger partial charge in [0.1, 0.15) is 11.2 Å². The topological polar surface area (TPSA) is 38.9 Å². The van der Waals surface area contributed by atoms with Crippen molar-refractivity contribution >= 4 is 32.7 Å². The highest BCUT2D eigenvalue weighted by atomic mass is 16.3. The van der Waals surface area contributed by atoms with Crippen LogP contribution in [0, 0.1) is 0 Å². The average molecular weight is 717 g/mol. The normalized spacial score (nSPS) is 13.0. The van der Waals surface area contributed by atoms with E-state index in [1.54, 1.807) is 0 Å². The molecule has 2 aromatic heterocycles. The molecule has 0 aliphatic heterocycles. The van der Waals surface area contributed by atoms with E-state index in [1.807, 2.05) is 30.3 Å². The zero-order valence-corrected chi connectivity index (χ0v) is 31.1. The third-order valence-corrected chi connectivity index (χ3v) is 11.7. The van der Waals surface area contributed by atoms with E-state index >= 15 is 0 Å². The summed E-state index contributed by atoms with van der Waals surface area (Å²) in [6.07, 6.45) is 0. The van der Waals surface area contributed by atoms with Crippen LogP contribution in [0.4, 0.5) is 0 Å². The van der Waals surface area contributed by atoms with Gasteiger partial charge in [-0.05, 0) is 97.7 Å². The van der Waals surface area contributed by atoms with E-state index < -0.39 is 0 Å². The SMILES string of the molecule is CC1(C)c2cc3ccccc3cc2-c2c(-c3cccc(-c4cc(-c5ccc(-c6ccc7oc8ccccc8c7c6)cc5)nc(-c5ccccc5)n4)c3)cccc21. The Morgan fingerprint density at radius 2 is 1.04 bits per heavy atom. The third-order valence-electron chi connectivity index (χ3n) is 11.7. The van der Waals surface area contributed by atoms with Gasteiger partial charge in [-0.15, -0.1) is 0 Å². The van der Waals surface area contributed by atoms with Crippen molar-refractivity contribution in [3.8, 4) is 67.3 Å². The quantitative estimate of drug-likeness (QED) is 0.178. The number of rotatable bonds is 5. The molecule has 0 bridgehead atoms. The highest BCUT2D eigenvalue weighted by molar-refractivity contribution is 6.06. The van der Waals surface area contributed by atoms with Crippen LogP contribution in [0.1, 0.15) is 25.0 Å². The second-order valence-electron chi connectivity index (χ2n) is 15.4. The van der Waals surface area contributed by atoms with Gasteiger partial charge in [0.25, 0.3) is 0 Å². The van der Waals surface area contributed by atoms with Gasteiger partial charge in [-0.2, -0.15) is 0 Å². The molecule has 2 heterocycles. The minimum Gasteiger partial charge on any atom is -0.456 e. The lowest BCUT2D eigenvalue weighted by atomic mass is 9.81. The first-order chi connectivity index (χ1) is 27.5. The molecule has 0 saturated carbocycles. The second kappa shape index (κ2) is 12.5. The van der Waals surface area contributed by atoms with Gasteiger partial charge in [-0.25, -0.2) is 9.97 Å². The maximum atomic E-state index is 6.09. The molecule has 3 nitrogen and oxygen atoms in total. The van der Waals surface area contributed by atoms with E-state index in [9.17, 15) is 0 Å². The molecule has 0 atom stereocenters. The Bertz CT molecular complexity index is 3150. The summed E-state index contributed by atoms with van der Waals surface area (Å²) >= 11 is 0. The standard InChI is InChI=1S/C53H36N2O/c1-53(2)45-20-11-19-41(51(45)44-30-36-14-6-7-15-37(36)31-46(44)53)39-16-10-17-40(28-39)48-32-47(54-52(55-48)35-12-4-3-5-13-35)34-24-22-33(23-25-34)38-26-27-50-43(29-38)42-18-8-9-21-49(42)56-50/h3-32H,1-2H3. The summed E-state index contributed by atoms with van der Waals surface area (Å²) in [6.45, 7) is 4.71. The Morgan fingerprint density at radius 1 is 0.393 bits per heavy atom. The molecule has 56 heavy (non-hydrogen) atoms. The molecule has 0 saturated heterocycles. The second-order valence-corrected chi connectivity index (χ2v) is 15.4. The fourth-order valence-corrected chi connectivity index (χ4v) is 8.76. The van der Waals surface area contributed by atoms with Gasteiger partial charge >= 0.3 is 0 Å². The Labute approximate surface area is 325 Å². The fraction of sp³-hybridized carbons (Fsp3) is 0.0566. The highest BCUT2D eigenvalue weighted by Gasteiger charge is 2.37. The van der Waals surface area contributed by atoms with Gasteiger partial charge < -0.3 is 4.42 Å². The van der Waals surface area contributed by atoms with Crippen LogP contribution in [-0.4, -0.2) is 9.97 Å². The van der Waals surface area contributed by atoms with Crippen LogP contribution >= 0.6 is 0 Å². The number of nitrogens with zero attached hydrogens (tertiary/aromatic N) is 2. The van der Waals surface area contributed by atoms with Gasteiger partial charge in [-0.3, -0.25) is 0 Å². The number of aromatic nitrogens is 2. The number of fused-ring (bicyclic) bond motifs is 7. The predicted octanol–water partition coefficient (Wildman–Crippen LogP) is 14.2. The molecule has 1 aliphatic rings. The fourth-order valence-electron chi connectivity index (χ4n) is 8.76. The molecule has 0 radical (unpaired) electrons. The number of furan rings is 1. The number of benzene rings is 8. The third kappa shape index (κ3) is 5.20. The first-order valence-corrected chi connectivity index (χ1v) is 19.2. The Hall–Kier alpha value is -7.10. The lowest BCUT2D eigenvalue weighted by molar-refractivity contribution is 0.661.